The minimum atomic E-state index is -0.838. The fourth-order valence-electron chi connectivity index (χ4n) is 4.22. The molecule has 0 bridgehead atoms. The third-order valence-corrected chi connectivity index (χ3v) is 6.31. The first-order valence-corrected chi connectivity index (χ1v) is 9.68. The number of hydrogen-bond acceptors (Lipinski definition) is 2. The van der Waals surface area contributed by atoms with Crippen LogP contribution in [0, 0.1) is 11.3 Å². The van der Waals surface area contributed by atoms with Gasteiger partial charge in [0.1, 0.15) is 0 Å². The molecule has 1 aliphatic heterocycles. The number of rotatable bonds is 5. The van der Waals surface area contributed by atoms with E-state index in [1.165, 1.54) is 0 Å². The summed E-state index contributed by atoms with van der Waals surface area (Å²) in [4.78, 5) is 26.8. The Bertz CT molecular complexity index is 863. The van der Waals surface area contributed by atoms with Gasteiger partial charge in [-0.2, -0.15) is 0 Å². The highest BCUT2D eigenvalue weighted by molar-refractivity contribution is 6.31. The lowest BCUT2D eigenvalue weighted by Gasteiger charge is -2.23. The van der Waals surface area contributed by atoms with E-state index >= 15 is 0 Å². The van der Waals surface area contributed by atoms with Gasteiger partial charge in [0.25, 0.3) is 0 Å². The van der Waals surface area contributed by atoms with Crippen LogP contribution in [0.2, 0.25) is 5.02 Å². The maximum absolute atomic E-state index is 13.3. The van der Waals surface area contributed by atoms with Gasteiger partial charge in [-0.1, -0.05) is 60.1 Å². The Morgan fingerprint density at radius 3 is 2.33 bits per heavy atom. The van der Waals surface area contributed by atoms with Crippen LogP contribution < -0.4 is 0 Å². The molecule has 1 aliphatic carbocycles. The van der Waals surface area contributed by atoms with E-state index in [4.69, 9.17) is 11.6 Å². The van der Waals surface area contributed by atoms with Crippen LogP contribution >= 0.6 is 11.6 Å². The van der Waals surface area contributed by atoms with Gasteiger partial charge < -0.3 is 10.0 Å². The van der Waals surface area contributed by atoms with E-state index in [2.05, 4.69) is 0 Å². The minimum Gasteiger partial charge on any atom is -0.481 e. The van der Waals surface area contributed by atoms with E-state index in [9.17, 15) is 14.7 Å². The highest BCUT2D eigenvalue weighted by atomic mass is 35.5. The van der Waals surface area contributed by atoms with Gasteiger partial charge in [0.15, 0.2) is 0 Å². The maximum atomic E-state index is 13.3. The summed E-state index contributed by atoms with van der Waals surface area (Å²) in [5.74, 6) is -1.49. The SMILES string of the molecule is O=C(O)C1CN(C(=O)C2(Cc3ccccc3Cl)CC2)CC1c1ccccc1. The third kappa shape index (κ3) is 3.46. The van der Waals surface area contributed by atoms with Gasteiger partial charge in [-0.05, 0) is 36.5 Å². The second-order valence-corrected chi connectivity index (χ2v) is 8.13. The van der Waals surface area contributed by atoms with Crippen LogP contribution in [0.1, 0.15) is 29.9 Å². The fraction of sp³-hybridized carbons (Fsp3) is 0.364. The molecule has 5 heteroatoms. The lowest BCUT2D eigenvalue weighted by molar-refractivity contribution is -0.142. The lowest BCUT2D eigenvalue weighted by atomic mass is 9.89. The highest BCUT2D eigenvalue weighted by Crippen LogP contribution is 2.51. The molecule has 27 heavy (non-hydrogen) atoms. The van der Waals surface area contributed by atoms with Crippen molar-refractivity contribution in [1.29, 1.82) is 0 Å². The molecule has 2 aromatic rings. The summed E-state index contributed by atoms with van der Waals surface area (Å²) in [7, 11) is 0. The molecule has 2 aliphatic rings. The normalized spacial score (nSPS) is 23.2. The van der Waals surface area contributed by atoms with Gasteiger partial charge in [-0.3, -0.25) is 9.59 Å². The zero-order valence-corrected chi connectivity index (χ0v) is 15.7. The Morgan fingerprint density at radius 1 is 1.04 bits per heavy atom. The Labute approximate surface area is 163 Å². The van der Waals surface area contributed by atoms with Gasteiger partial charge in [0, 0.05) is 24.0 Å². The summed E-state index contributed by atoms with van der Waals surface area (Å²) in [6.45, 7) is 0.738. The zero-order chi connectivity index (χ0) is 19.0. The number of carbonyl (C=O) groups excluding carboxylic acids is 1. The van der Waals surface area contributed by atoms with Crippen molar-refractivity contribution in [1.82, 2.24) is 4.90 Å². The molecule has 1 saturated heterocycles. The minimum absolute atomic E-state index is 0.0760. The summed E-state index contributed by atoms with van der Waals surface area (Å²) >= 11 is 6.29. The molecule has 0 radical (unpaired) electrons. The van der Waals surface area contributed by atoms with Crippen molar-refractivity contribution in [2.45, 2.75) is 25.2 Å². The van der Waals surface area contributed by atoms with E-state index in [1.807, 2.05) is 54.6 Å². The monoisotopic (exact) mass is 383 g/mol. The molecule has 4 rings (SSSR count). The van der Waals surface area contributed by atoms with Gasteiger partial charge in [-0.15, -0.1) is 0 Å². The predicted molar refractivity (Wildman–Crippen MR) is 104 cm³/mol. The van der Waals surface area contributed by atoms with E-state index in [0.717, 1.165) is 24.0 Å². The zero-order valence-electron chi connectivity index (χ0n) is 15.0. The summed E-state index contributed by atoms with van der Waals surface area (Å²) in [6, 6.07) is 17.3. The molecule has 0 aromatic heterocycles. The molecule has 2 aromatic carbocycles. The summed E-state index contributed by atoms with van der Waals surface area (Å²) < 4.78 is 0. The molecule has 1 saturated carbocycles. The Morgan fingerprint density at radius 2 is 1.70 bits per heavy atom. The average Bonchev–Trinajstić information content (AvgIpc) is 3.31. The molecular weight excluding hydrogens is 362 g/mol. The van der Waals surface area contributed by atoms with Gasteiger partial charge >= 0.3 is 5.97 Å². The van der Waals surface area contributed by atoms with Gasteiger partial charge in [0.05, 0.1) is 11.3 Å². The number of hydrogen-bond donors (Lipinski definition) is 1. The maximum Gasteiger partial charge on any atom is 0.308 e. The number of likely N-dealkylation sites (tertiary alicyclic amines) is 1. The number of carbonyl (C=O) groups is 2. The second kappa shape index (κ2) is 7.01. The van der Waals surface area contributed by atoms with Gasteiger partial charge in [0.2, 0.25) is 5.91 Å². The second-order valence-electron chi connectivity index (χ2n) is 7.72. The third-order valence-electron chi connectivity index (χ3n) is 5.95. The van der Waals surface area contributed by atoms with Crippen molar-refractivity contribution in [3.05, 3.63) is 70.7 Å². The number of aliphatic carboxylic acids is 1. The van der Waals surface area contributed by atoms with Crippen LogP contribution in [-0.4, -0.2) is 35.0 Å². The van der Waals surface area contributed by atoms with E-state index < -0.39 is 17.3 Å². The standard InChI is InChI=1S/C22H22ClNO3/c23-19-9-5-4-8-16(19)12-22(10-11-22)21(27)24-13-17(18(14-24)20(25)26)15-6-2-1-3-7-15/h1-9,17-18H,10-14H2,(H,25,26). The smallest absolute Gasteiger partial charge is 0.308 e. The number of carboxylic acids is 1. The molecule has 1 heterocycles. The molecule has 1 N–H and O–H groups in total. The average molecular weight is 384 g/mol. The number of benzene rings is 2. The van der Waals surface area contributed by atoms with Crippen molar-refractivity contribution < 1.29 is 14.7 Å². The van der Waals surface area contributed by atoms with Crippen LogP contribution in [0.3, 0.4) is 0 Å². The molecule has 0 spiro atoms. The van der Waals surface area contributed by atoms with Crippen molar-refractivity contribution in [3.8, 4) is 0 Å². The fourth-order valence-corrected chi connectivity index (χ4v) is 4.42. The predicted octanol–water partition coefficient (Wildman–Crippen LogP) is 3.99. The lowest BCUT2D eigenvalue weighted by Crippen LogP contribution is -2.37. The Balaban J connectivity index is 1.54. The number of halogens is 1. The van der Waals surface area contributed by atoms with Crippen LogP contribution in [0.5, 0.6) is 0 Å². The van der Waals surface area contributed by atoms with Crippen LogP contribution in [0.15, 0.2) is 54.6 Å². The number of carboxylic acid groups (broad SMARTS) is 1. The molecule has 2 fully saturated rings. The van der Waals surface area contributed by atoms with Crippen molar-refractivity contribution in [3.63, 3.8) is 0 Å². The van der Waals surface area contributed by atoms with Crippen LogP contribution in [0.25, 0.3) is 0 Å². The number of amides is 1. The molecule has 4 nitrogen and oxygen atoms in total. The molecule has 140 valence electrons. The summed E-state index contributed by atoms with van der Waals surface area (Å²) in [6.07, 6.45) is 2.29. The molecular formula is C22H22ClNO3. The quantitative estimate of drug-likeness (QED) is 0.849. The van der Waals surface area contributed by atoms with Gasteiger partial charge in [-0.25, -0.2) is 0 Å². The molecule has 1 amide bonds. The van der Waals surface area contributed by atoms with Crippen molar-refractivity contribution in [2.24, 2.45) is 11.3 Å². The Kier molecular flexibility index (Phi) is 4.68. The summed E-state index contributed by atoms with van der Waals surface area (Å²) in [5.41, 5.74) is 1.55. The first kappa shape index (κ1) is 18.1. The Hall–Kier alpha value is -2.33. The summed E-state index contributed by atoms with van der Waals surface area (Å²) in [5, 5.41) is 10.4. The highest BCUT2D eigenvalue weighted by Gasteiger charge is 2.54. The van der Waals surface area contributed by atoms with E-state index in [0.29, 0.717) is 18.0 Å². The first-order chi connectivity index (χ1) is 13.0. The molecule has 2 atom stereocenters. The molecule has 2 unspecified atom stereocenters. The first-order valence-electron chi connectivity index (χ1n) is 9.31. The van der Waals surface area contributed by atoms with Crippen molar-refractivity contribution >= 4 is 23.5 Å². The topological polar surface area (TPSA) is 57.6 Å². The van der Waals surface area contributed by atoms with Crippen LogP contribution in [-0.2, 0) is 16.0 Å². The van der Waals surface area contributed by atoms with Crippen molar-refractivity contribution in [2.75, 3.05) is 13.1 Å². The van der Waals surface area contributed by atoms with E-state index in [1.54, 1.807) is 4.90 Å². The largest absolute Gasteiger partial charge is 0.481 e. The number of nitrogens with zero attached hydrogens (tertiary/aromatic N) is 1. The van der Waals surface area contributed by atoms with Crippen LogP contribution in [0.4, 0.5) is 0 Å². The van der Waals surface area contributed by atoms with E-state index in [-0.39, 0.29) is 18.4 Å².